The van der Waals surface area contributed by atoms with E-state index in [9.17, 15) is 0 Å². The molecule has 1 aliphatic carbocycles. The highest BCUT2D eigenvalue weighted by Crippen LogP contribution is 2.28. The number of pyridine rings is 1. The molecule has 1 saturated carbocycles. The summed E-state index contributed by atoms with van der Waals surface area (Å²) in [6, 6.07) is 3.87. The lowest BCUT2D eigenvalue weighted by Crippen LogP contribution is -2.38. The van der Waals surface area contributed by atoms with Crippen LogP contribution in [0.5, 0.6) is 5.88 Å². The van der Waals surface area contributed by atoms with Gasteiger partial charge in [-0.25, -0.2) is 9.98 Å². The lowest BCUT2D eigenvalue weighted by Gasteiger charge is -2.12. The van der Waals surface area contributed by atoms with E-state index in [1.54, 1.807) is 13.3 Å². The number of aromatic nitrogens is 1. The third-order valence-electron chi connectivity index (χ3n) is 3.60. The van der Waals surface area contributed by atoms with Gasteiger partial charge in [0.1, 0.15) is 0 Å². The summed E-state index contributed by atoms with van der Waals surface area (Å²) in [5.74, 6) is 2.26. The van der Waals surface area contributed by atoms with E-state index < -0.39 is 0 Å². The fourth-order valence-electron chi connectivity index (χ4n) is 2.15. The summed E-state index contributed by atoms with van der Waals surface area (Å²) in [5, 5.41) is 6.58. The zero-order valence-electron chi connectivity index (χ0n) is 14.2. The van der Waals surface area contributed by atoms with Crippen LogP contribution in [-0.2, 0) is 11.3 Å². The van der Waals surface area contributed by atoms with Crippen LogP contribution < -0.4 is 15.4 Å². The van der Waals surface area contributed by atoms with Crippen LogP contribution in [0.3, 0.4) is 0 Å². The molecule has 6 heteroatoms. The highest BCUT2D eigenvalue weighted by Gasteiger charge is 2.20. The van der Waals surface area contributed by atoms with Crippen molar-refractivity contribution in [2.24, 2.45) is 10.9 Å². The number of rotatable bonds is 10. The molecule has 0 amide bonds. The highest BCUT2D eigenvalue weighted by atomic mass is 16.5. The van der Waals surface area contributed by atoms with Crippen molar-refractivity contribution in [1.82, 2.24) is 15.6 Å². The average Bonchev–Trinajstić information content (AvgIpc) is 3.40. The van der Waals surface area contributed by atoms with Gasteiger partial charge in [-0.1, -0.05) is 6.07 Å². The van der Waals surface area contributed by atoms with Crippen LogP contribution >= 0.6 is 0 Å². The minimum atomic E-state index is 0.532. The van der Waals surface area contributed by atoms with Gasteiger partial charge in [-0.3, -0.25) is 0 Å². The Hall–Kier alpha value is -1.82. The normalized spacial score (nSPS) is 14.6. The number of ether oxygens (including phenoxy) is 2. The Balaban J connectivity index is 1.72. The molecule has 0 radical (unpaired) electrons. The van der Waals surface area contributed by atoms with Gasteiger partial charge in [-0.2, -0.15) is 0 Å². The maximum absolute atomic E-state index is 5.63. The molecule has 23 heavy (non-hydrogen) atoms. The van der Waals surface area contributed by atoms with Crippen molar-refractivity contribution in [2.45, 2.75) is 32.7 Å². The van der Waals surface area contributed by atoms with Crippen molar-refractivity contribution >= 4 is 5.96 Å². The maximum Gasteiger partial charge on any atom is 0.218 e. The van der Waals surface area contributed by atoms with Crippen molar-refractivity contribution in [3.05, 3.63) is 23.9 Å². The average molecular weight is 320 g/mol. The lowest BCUT2D eigenvalue weighted by atomic mass is 10.3. The van der Waals surface area contributed by atoms with E-state index in [0.29, 0.717) is 12.4 Å². The molecule has 2 rings (SSSR count). The van der Waals surface area contributed by atoms with Crippen LogP contribution in [0.4, 0.5) is 0 Å². The van der Waals surface area contributed by atoms with E-state index in [1.807, 2.05) is 12.1 Å². The lowest BCUT2D eigenvalue weighted by molar-refractivity contribution is 0.123. The molecule has 0 bridgehead atoms. The number of nitrogens with zero attached hydrogens (tertiary/aromatic N) is 2. The monoisotopic (exact) mass is 320 g/mol. The fourth-order valence-corrected chi connectivity index (χ4v) is 2.15. The molecule has 6 nitrogen and oxygen atoms in total. The van der Waals surface area contributed by atoms with E-state index in [1.165, 1.54) is 12.8 Å². The predicted molar refractivity (Wildman–Crippen MR) is 91.8 cm³/mol. The van der Waals surface area contributed by atoms with Gasteiger partial charge >= 0.3 is 0 Å². The molecular weight excluding hydrogens is 292 g/mol. The second kappa shape index (κ2) is 10.0. The first kappa shape index (κ1) is 17.5. The fraction of sp³-hybridized carbons (Fsp3) is 0.647. The first-order valence-electron chi connectivity index (χ1n) is 8.41. The van der Waals surface area contributed by atoms with Crippen LogP contribution in [0.25, 0.3) is 0 Å². The topological polar surface area (TPSA) is 67.8 Å². The Morgan fingerprint density at radius 2 is 2.26 bits per heavy atom. The third kappa shape index (κ3) is 6.86. The van der Waals surface area contributed by atoms with Crippen LogP contribution in [0, 0.1) is 5.92 Å². The van der Waals surface area contributed by atoms with E-state index in [4.69, 9.17) is 9.47 Å². The summed E-state index contributed by atoms with van der Waals surface area (Å²) < 4.78 is 10.9. The van der Waals surface area contributed by atoms with Gasteiger partial charge < -0.3 is 20.1 Å². The Kier molecular flexibility index (Phi) is 7.66. The summed E-state index contributed by atoms with van der Waals surface area (Å²) in [4.78, 5) is 8.77. The van der Waals surface area contributed by atoms with Crippen molar-refractivity contribution < 1.29 is 9.47 Å². The van der Waals surface area contributed by atoms with Crippen molar-refractivity contribution in [1.29, 1.82) is 0 Å². The third-order valence-corrected chi connectivity index (χ3v) is 3.60. The summed E-state index contributed by atoms with van der Waals surface area (Å²) in [5.41, 5.74) is 0.972. The van der Waals surface area contributed by atoms with Gasteiger partial charge in [0.15, 0.2) is 5.96 Å². The van der Waals surface area contributed by atoms with E-state index in [0.717, 1.165) is 50.2 Å². The van der Waals surface area contributed by atoms with Gasteiger partial charge in [0.25, 0.3) is 0 Å². The zero-order chi connectivity index (χ0) is 16.3. The van der Waals surface area contributed by atoms with Crippen LogP contribution in [0.15, 0.2) is 23.3 Å². The van der Waals surface area contributed by atoms with Gasteiger partial charge in [0, 0.05) is 38.1 Å². The number of hydrogen-bond donors (Lipinski definition) is 2. The first-order valence-corrected chi connectivity index (χ1v) is 8.41. The molecule has 0 unspecified atom stereocenters. The van der Waals surface area contributed by atoms with Crippen molar-refractivity contribution in [2.75, 3.05) is 33.4 Å². The number of methoxy groups -OCH3 is 1. The largest absolute Gasteiger partial charge is 0.481 e. The Morgan fingerprint density at radius 1 is 1.39 bits per heavy atom. The van der Waals surface area contributed by atoms with Gasteiger partial charge in [0.2, 0.25) is 5.88 Å². The second-order valence-electron chi connectivity index (χ2n) is 5.67. The maximum atomic E-state index is 5.63. The van der Waals surface area contributed by atoms with E-state index >= 15 is 0 Å². The van der Waals surface area contributed by atoms with Crippen LogP contribution in [-0.4, -0.2) is 44.4 Å². The molecule has 0 aromatic carbocycles. The van der Waals surface area contributed by atoms with Crippen LogP contribution in [0.2, 0.25) is 0 Å². The molecule has 128 valence electrons. The minimum absolute atomic E-state index is 0.532. The molecule has 0 saturated heterocycles. The van der Waals surface area contributed by atoms with Crippen LogP contribution in [0.1, 0.15) is 31.7 Å². The Labute approximate surface area is 138 Å². The number of hydrogen-bond acceptors (Lipinski definition) is 4. The smallest absolute Gasteiger partial charge is 0.218 e. The SMILES string of the molecule is CCNC(=NCc1cccnc1OC)NCCCOCC1CC1. The number of nitrogens with one attached hydrogen (secondary N) is 2. The molecule has 0 atom stereocenters. The predicted octanol–water partition coefficient (Wildman–Crippen LogP) is 1.96. The molecule has 1 aromatic rings. The van der Waals surface area contributed by atoms with Gasteiger partial charge in [-0.15, -0.1) is 0 Å². The molecule has 1 aliphatic rings. The number of guanidine groups is 1. The molecule has 2 N–H and O–H groups in total. The zero-order valence-corrected chi connectivity index (χ0v) is 14.2. The molecule has 0 spiro atoms. The van der Waals surface area contributed by atoms with Crippen molar-refractivity contribution in [3.8, 4) is 5.88 Å². The summed E-state index contributed by atoms with van der Waals surface area (Å²) in [7, 11) is 1.63. The van der Waals surface area contributed by atoms with Crippen molar-refractivity contribution in [3.63, 3.8) is 0 Å². The minimum Gasteiger partial charge on any atom is -0.481 e. The number of aliphatic imine (C=N–C) groups is 1. The van der Waals surface area contributed by atoms with E-state index in [-0.39, 0.29) is 0 Å². The van der Waals surface area contributed by atoms with Gasteiger partial charge in [-0.05, 0) is 38.2 Å². The molecule has 1 fully saturated rings. The first-order chi connectivity index (χ1) is 11.3. The summed E-state index contributed by atoms with van der Waals surface area (Å²) >= 11 is 0. The van der Waals surface area contributed by atoms with Gasteiger partial charge in [0.05, 0.1) is 13.7 Å². The molecule has 0 aliphatic heterocycles. The molecule has 1 aromatic heterocycles. The quantitative estimate of drug-likeness (QED) is 0.392. The Bertz CT molecular complexity index is 489. The molecular formula is C17H28N4O2. The highest BCUT2D eigenvalue weighted by molar-refractivity contribution is 5.79. The summed E-state index contributed by atoms with van der Waals surface area (Å²) in [6.07, 6.45) is 5.38. The standard InChI is InChI=1S/C17H28N4O2/c1-3-18-17(20-10-5-11-23-13-14-7-8-14)21-12-15-6-4-9-19-16(15)22-2/h4,6,9,14H,3,5,7-8,10-13H2,1-2H3,(H2,18,20,21). The molecule has 1 heterocycles. The second-order valence-corrected chi connectivity index (χ2v) is 5.67. The Morgan fingerprint density at radius 3 is 3.00 bits per heavy atom. The van der Waals surface area contributed by atoms with E-state index in [2.05, 4.69) is 27.5 Å². The summed E-state index contributed by atoms with van der Waals surface area (Å²) in [6.45, 7) is 5.99.